The summed E-state index contributed by atoms with van der Waals surface area (Å²) in [5.74, 6) is -1.20. The highest BCUT2D eigenvalue weighted by Gasteiger charge is 2.58. The van der Waals surface area contributed by atoms with Crippen molar-refractivity contribution in [3.05, 3.63) is 29.8 Å². The Morgan fingerprint density at radius 1 is 1.16 bits per heavy atom. The van der Waals surface area contributed by atoms with Gasteiger partial charge in [0, 0.05) is 12.2 Å². The number of carboxylic acids is 1. The first-order valence-corrected chi connectivity index (χ1v) is 6.78. The van der Waals surface area contributed by atoms with E-state index in [2.05, 4.69) is 0 Å². The fraction of sp³-hybridized carbons (Fsp3) is 0.467. The summed E-state index contributed by atoms with van der Waals surface area (Å²) >= 11 is 0. The molecular weight excluding hydrogens is 242 g/mol. The van der Waals surface area contributed by atoms with Crippen molar-refractivity contribution in [2.24, 2.45) is 5.41 Å². The molecule has 19 heavy (non-hydrogen) atoms. The van der Waals surface area contributed by atoms with Crippen LogP contribution in [0.3, 0.4) is 0 Å². The van der Waals surface area contributed by atoms with Crippen LogP contribution in [-0.4, -0.2) is 23.5 Å². The van der Waals surface area contributed by atoms with Crippen molar-refractivity contribution >= 4 is 17.6 Å². The molecule has 100 valence electrons. The van der Waals surface area contributed by atoms with Crippen LogP contribution in [0.25, 0.3) is 0 Å². The number of hydrogen-bond acceptors (Lipinski definition) is 2. The maximum Gasteiger partial charge on any atom is 0.319 e. The highest BCUT2D eigenvalue weighted by atomic mass is 16.4. The molecule has 4 nitrogen and oxygen atoms in total. The average Bonchev–Trinajstić information content (AvgIpc) is 3.22. The summed E-state index contributed by atoms with van der Waals surface area (Å²) in [7, 11) is 0. The molecule has 4 heteroatoms. The molecule has 1 heterocycles. The van der Waals surface area contributed by atoms with E-state index in [1.165, 1.54) is 0 Å². The number of nitrogens with zero attached hydrogens (tertiary/aromatic N) is 1. The van der Waals surface area contributed by atoms with Crippen LogP contribution in [0.1, 0.15) is 31.2 Å². The Balaban J connectivity index is 1.97. The van der Waals surface area contributed by atoms with E-state index in [0.29, 0.717) is 19.4 Å². The van der Waals surface area contributed by atoms with E-state index in [4.69, 9.17) is 0 Å². The lowest BCUT2D eigenvalue weighted by Gasteiger charge is -2.25. The van der Waals surface area contributed by atoms with E-state index in [0.717, 1.165) is 30.5 Å². The number of fused-ring (bicyclic) bond motifs is 1. The van der Waals surface area contributed by atoms with Crippen LogP contribution in [0.4, 0.5) is 5.69 Å². The van der Waals surface area contributed by atoms with Crippen LogP contribution < -0.4 is 4.90 Å². The number of carbonyl (C=O) groups is 2. The highest BCUT2D eigenvalue weighted by molar-refractivity contribution is 6.12. The minimum Gasteiger partial charge on any atom is -0.480 e. The average molecular weight is 259 g/mol. The van der Waals surface area contributed by atoms with Crippen LogP contribution in [0.2, 0.25) is 0 Å². The Hall–Kier alpha value is -1.84. The Kier molecular flexibility index (Phi) is 2.81. The van der Waals surface area contributed by atoms with Gasteiger partial charge in [-0.05, 0) is 43.7 Å². The number of amides is 1. The maximum absolute atomic E-state index is 12.6. The summed E-state index contributed by atoms with van der Waals surface area (Å²) in [6, 6.07) is 7.83. The summed E-state index contributed by atoms with van der Waals surface area (Å²) in [5.41, 5.74) is 0.907. The van der Waals surface area contributed by atoms with Gasteiger partial charge in [0.1, 0.15) is 5.41 Å². The number of aliphatic carboxylic acids is 1. The quantitative estimate of drug-likeness (QED) is 0.828. The molecule has 1 saturated carbocycles. The van der Waals surface area contributed by atoms with Crippen molar-refractivity contribution in [3.8, 4) is 0 Å². The smallest absolute Gasteiger partial charge is 0.319 e. The van der Waals surface area contributed by atoms with Gasteiger partial charge in [-0.2, -0.15) is 0 Å². The molecule has 0 saturated heterocycles. The highest BCUT2D eigenvalue weighted by Crippen LogP contribution is 2.48. The second-order valence-corrected chi connectivity index (χ2v) is 5.43. The summed E-state index contributed by atoms with van der Waals surface area (Å²) in [6.45, 7) is 0.630. The third-order valence-corrected chi connectivity index (χ3v) is 4.17. The summed E-state index contributed by atoms with van der Waals surface area (Å²) in [4.78, 5) is 25.6. The van der Waals surface area contributed by atoms with Gasteiger partial charge in [0.2, 0.25) is 5.91 Å². The Morgan fingerprint density at radius 3 is 2.58 bits per heavy atom. The van der Waals surface area contributed by atoms with Crippen molar-refractivity contribution in [3.63, 3.8) is 0 Å². The first-order valence-electron chi connectivity index (χ1n) is 6.78. The molecule has 0 aromatic heterocycles. The zero-order valence-corrected chi connectivity index (χ0v) is 10.8. The molecule has 1 aliphatic heterocycles. The minimum atomic E-state index is -1.14. The first kappa shape index (κ1) is 12.2. The SMILES string of the molecule is O=C(O)C1(C(=O)N2CCCCc3ccccc32)CC1. The molecule has 0 radical (unpaired) electrons. The second-order valence-electron chi connectivity index (χ2n) is 5.43. The van der Waals surface area contributed by atoms with Gasteiger partial charge in [-0.3, -0.25) is 9.59 Å². The molecular formula is C15H17NO3. The van der Waals surface area contributed by atoms with Gasteiger partial charge >= 0.3 is 5.97 Å². The number of anilines is 1. The number of hydrogen-bond donors (Lipinski definition) is 1. The van der Waals surface area contributed by atoms with Crippen LogP contribution in [0.5, 0.6) is 0 Å². The van der Waals surface area contributed by atoms with Crippen LogP contribution in [0.15, 0.2) is 24.3 Å². The summed E-state index contributed by atoms with van der Waals surface area (Å²) in [5, 5.41) is 9.28. The second kappa shape index (κ2) is 4.37. The van der Waals surface area contributed by atoms with Crippen LogP contribution in [0, 0.1) is 5.41 Å². The molecule has 0 unspecified atom stereocenters. The predicted octanol–water partition coefficient (Wildman–Crippen LogP) is 2.22. The molecule has 3 rings (SSSR count). The van der Waals surface area contributed by atoms with Crippen molar-refractivity contribution < 1.29 is 14.7 Å². The molecule has 1 fully saturated rings. The lowest BCUT2D eigenvalue weighted by atomic mass is 10.0. The topological polar surface area (TPSA) is 57.6 Å². The normalized spacial score (nSPS) is 20.3. The van der Waals surface area contributed by atoms with Gasteiger partial charge in [0.05, 0.1) is 0 Å². The van der Waals surface area contributed by atoms with E-state index in [1.54, 1.807) is 4.90 Å². The molecule has 0 bridgehead atoms. The number of aryl methyl sites for hydroxylation is 1. The van der Waals surface area contributed by atoms with Gasteiger partial charge in [-0.15, -0.1) is 0 Å². The van der Waals surface area contributed by atoms with E-state index in [9.17, 15) is 14.7 Å². The zero-order valence-electron chi connectivity index (χ0n) is 10.8. The Morgan fingerprint density at radius 2 is 1.89 bits per heavy atom. The standard InChI is InChI=1S/C15H17NO3/c17-13(15(8-9-15)14(18)19)16-10-4-3-6-11-5-1-2-7-12(11)16/h1-2,5,7H,3-4,6,8-10H2,(H,18,19). The number of rotatable bonds is 2. The van der Waals surface area contributed by atoms with Gasteiger partial charge < -0.3 is 10.0 Å². The van der Waals surface area contributed by atoms with Gasteiger partial charge in [0.15, 0.2) is 0 Å². The number of benzene rings is 1. The lowest BCUT2D eigenvalue weighted by Crippen LogP contribution is -2.41. The van der Waals surface area contributed by atoms with Gasteiger partial charge in [0.25, 0.3) is 0 Å². The minimum absolute atomic E-state index is 0.227. The molecule has 1 aromatic carbocycles. The summed E-state index contributed by atoms with van der Waals surface area (Å²) < 4.78 is 0. The third-order valence-electron chi connectivity index (χ3n) is 4.17. The Bertz CT molecular complexity index is 534. The molecule has 1 aromatic rings. The number of carboxylic acid groups (broad SMARTS) is 1. The third kappa shape index (κ3) is 1.91. The zero-order chi connectivity index (χ0) is 13.5. The Labute approximate surface area is 112 Å². The van der Waals surface area contributed by atoms with Crippen LogP contribution >= 0.6 is 0 Å². The van der Waals surface area contributed by atoms with E-state index in [1.807, 2.05) is 24.3 Å². The van der Waals surface area contributed by atoms with Crippen molar-refractivity contribution in [1.82, 2.24) is 0 Å². The molecule has 0 atom stereocenters. The lowest BCUT2D eigenvalue weighted by molar-refractivity contribution is -0.148. The molecule has 1 amide bonds. The molecule has 1 N–H and O–H groups in total. The van der Waals surface area contributed by atoms with Crippen molar-refractivity contribution in [1.29, 1.82) is 0 Å². The summed E-state index contributed by atoms with van der Waals surface area (Å²) in [6.07, 6.45) is 3.87. The maximum atomic E-state index is 12.6. The van der Waals surface area contributed by atoms with Crippen LogP contribution in [-0.2, 0) is 16.0 Å². The molecule has 2 aliphatic rings. The first-order chi connectivity index (χ1) is 9.15. The van der Waals surface area contributed by atoms with Crippen molar-refractivity contribution in [2.45, 2.75) is 32.1 Å². The predicted molar refractivity (Wildman–Crippen MR) is 71.0 cm³/mol. The largest absolute Gasteiger partial charge is 0.480 e. The van der Waals surface area contributed by atoms with E-state index >= 15 is 0 Å². The van der Waals surface area contributed by atoms with E-state index < -0.39 is 11.4 Å². The number of carbonyl (C=O) groups excluding carboxylic acids is 1. The fourth-order valence-electron chi connectivity index (χ4n) is 2.80. The van der Waals surface area contributed by atoms with Gasteiger partial charge in [-0.25, -0.2) is 0 Å². The number of para-hydroxylation sites is 1. The monoisotopic (exact) mass is 259 g/mol. The molecule has 0 spiro atoms. The van der Waals surface area contributed by atoms with E-state index in [-0.39, 0.29) is 5.91 Å². The fourth-order valence-corrected chi connectivity index (χ4v) is 2.80. The van der Waals surface area contributed by atoms with Gasteiger partial charge in [-0.1, -0.05) is 18.2 Å². The molecule has 1 aliphatic carbocycles. The van der Waals surface area contributed by atoms with Crippen molar-refractivity contribution in [2.75, 3.05) is 11.4 Å².